The highest BCUT2D eigenvalue weighted by molar-refractivity contribution is 5.96. The van der Waals surface area contributed by atoms with Crippen molar-refractivity contribution >= 4 is 17.3 Å². The quantitative estimate of drug-likeness (QED) is 0.697. The molecule has 18 heavy (non-hydrogen) atoms. The fourth-order valence-electron chi connectivity index (χ4n) is 2.10. The minimum Gasteiger partial charge on any atom is -0.399 e. The molecule has 5 nitrogen and oxygen atoms in total. The van der Waals surface area contributed by atoms with E-state index in [1.54, 1.807) is 18.2 Å². The van der Waals surface area contributed by atoms with Gasteiger partial charge in [0.05, 0.1) is 0 Å². The van der Waals surface area contributed by atoms with Crippen LogP contribution in [0.4, 0.5) is 11.4 Å². The smallest absolute Gasteiger partial charge is 0.251 e. The third-order valence-corrected chi connectivity index (χ3v) is 3.13. The highest BCUT2D eigenvalue weighted by Gasteiger charge is 2.15. The first-order valence-corrected chi connectivity index (χ1v) is 6.17. The SMILES string of the molecule is Nc1cc(N)cc(C(=O)NCC2CCOCC2)c1. The Kier molecular flexibility index (Phi) is 4.04. The van der Waals surface area contributed by atoms with Crippen LogP contribution in [0.2, 0.25) is 0 Å². The van der Waals surface area contributed by atoms with E-state index in [9.17, 15) is 4.79 Å². The van der Waals surface area contributed by atoms with E-state index in [4.69, 9.17) is 16.2 Å². The van der Waals surface area contributed by atoms with Crippen LogP contribution in [0.25, 0.3) is 0 Å². The van der Waals surface area contributed by atoms with Gasteiger partial charge in [-0.05, 0) is 37.0 Å². The lowest BCUT2D eigenvalue weighted by atomic mass is 10.0. The monoisotopic (exact) mass is 249 g/mol. The fraction of sp³-hybridized carbons (Fsp3) is 0.462. The Morgan fingerprint density at radius 2 is 1.83 bits per heavy atom. The van der Waals surface area contributed by atoms with E-state index >= 15 is 0 Å². The zero-order chi connectivity index (χ0) is 13.0. The standard InChI is InChI=1S/C13H19N3O2/c14-11-5-10(6-12(15)7-11)13(17)16-8-9-1-3-18-4-2-9/h5-7,9H,1-4,8,14-15H2,(H,16,17). The summed E-state index contributed by atoms with van der Waals surface area (Å²) < 4.78 is 5.28. The van der Waals surface area contributed by atoms with E-state index < -0.39 is 0 Å². The lowest BCUT2D eigenvalue weighted by molar-refractivity contribution is 0.0642. The number of anilines is 2. The van der Waals surface area contributed by atoms with Crippen LogP contribution in [0.15, 0.2) is 18.2 Å². The summed E-state index contributed by atoms with van der Waals surface area (Å²) in [4.78, 5) is 11.9. The molecular weight excluding hydrogens is 230 g/mol. The molecule has 2 rings (SSSR count). The van der Waals surface area contributed by atoms with Crippen molar-refractivity contribution in [2.45, 2.75) is 12.8 Å². The van der Waals surface area contributed by atoms with Crippen molar-refractivity contribution in [3.05, 3.63) is 23.8 Å². The van der Waals surface area contributed by atoms with Gasteiger partial charge in [-0.1, -0.05) is 0 Å². The molecule has 5 N–H and O–H groups in total. The average Bonchev–Trinajstić information content (AvgIpc) is 2.36. The van der Waals surface area contributed by atoms with Crippen LogP contribution >= 0.6 is 0 Å². The summed E-state index contributed by atoms with van der Waals surface area (Å²) in [5.41, 5.74) is 12.8. The highest BCUT2D eigenvalue weighted by atomic mass is 16.5. The van der Waals surface area contributed by atoms with Crippen molar-refractivity contribution in [3.8, 4) is 0 Å². The topological polar surface area (TPSA) is 90.4 Å². The summed E-state index contributed by atoms with van der Waals surface area (Å²) in [6.45, 7) is 2.24. The molecule has 1 heterocycles. The average molecular weight is 249 g/mol. The molecule has 0 spiro atoms. The molecule has 1 aliphatic heterocycles. The molecular formula is C13H19N3O2. The normalized spacial score (nSPS) is 16.4. The Bertz CT molecular complexity index is 408. The highest BCUT2D eigenvalue weighted by Crippen LogP contribution is 2.15. The maximum atomic E-state index is 11.9. The van der Waals surface area contributed by atoms with Crippen molar-refractivity contribution in [2.75, 3.05) is 31.2 Å². The zero-order valence-electron chi connectivity index (χ0n) is 10.3. The molecule has 1 aromatic carbocycles. The second-order valence-corrected chi connectivity index (χ2v) is 4.65. The first kappa shape index (κ1) is 12.7. The molecule has 0 bridgehead atoms. The van der Waals surface area contributed by atoms with E-state index in [1.165, 1.54) is 0 Å². The van der Waals surface area contributed by atoms with E-state index in [-0.39, 0.29) is 5.91 Å². The number of benzene rings is 1. The van der Waals surface area contributed by atoms with Crippen LogP contribution in [0.5, 0.6) is 0 Å². The van der Waals surface area contributed by atoms with Gasteiger partial charge >= 0.3 is 0 Å². The first-order chi connectivity index (χ1) is 8.65. The van der Waals surface area contributed by atoms with Crippen LogP contribution < -0.4 is 16.8 Å². The molecule has 1 saturated heterocycles. The molecule has 0 unspecified atom stereocenters. The van der Waals surface area contributed by atoms with E-state index in [2.05, 4.69) is 5.32 Å². The molecule has 5 heteroatoms. The van der Waals surface area contributed by atoms with Gasteiger partial charge in [-0.3, -0.25) is 4.79 Å². The maximum Gasteiger partial charge on any atom is 0.251 e. The minimum atomic E-state index is -0.125. The van der Waals surface area contributed by atoms with Gasteiger partial charge in [0.15, 0.2) is 0 Å². The van der Waals surface area contributed by atoms with Crippen molar-refractivity contribution in [1.29, 1.82) is 0 Å². The van der Waals surface area contributed by atoms with Gasteiger partial charge in [-0.2, -0.15) is 0 Å². The molecule has 1 amide bonds. The minimum absolute atomic E-state index is 0.125. The van der Waals surface area contributed by atoms with E-state index in [0.717, 1.165) is 26.1 Å². The third kappa shape index (κ3) is 3.37. The Balaban J connectivity index is 1.90. The van der Waals surface area contributed by atoms with Crippen LogP contribution in [0.1, 0.15) is 23.2 Å². The third-order valence-electron chi connectivity index (χ3n) is 3.13. The Labute approximate surface area is 106 Å². The summed E-state index contributed by atoms with van der Waals surface area (Å²) >= 11 is 0. The van der Waals surface area contributed by atoms with E-state index in [1.807, 2.05) is 0 Å². The van der Waals surface area contributed by atoms with Gasteiger partial charge in [0.1, 0.15) is 0 Å². The predicted octanol–water partition coefficient (Wildman–Crippen LogP) is 1.01. The first-order valence-electron chi connectivity index (χ1n) is 6.17. The number of nitrogens with one attached hydrogen (secondary N) is 1. The summed E-state index contributed by atoms with van der Waals surface area (Å²) in [6, 6.07) is 4.90. The summed E-state index contributed by atoms with van der Waals surface area (Å²) in [5.74, 6) is 0.376. The van der Waals surface area contributed by atoms with Crippen molar-refractivity contribution < 1.29 is 9.53 Å². The molecule has 1 aromatic rings. The predicted molar refractivity (Wildman–Crippen MR) is 71.1 cm³/mol. The molecule has 1 fully saturated rings. The molecule has 0 radical (unpaired) electrons. The molecule has 0 saturated carbocycles. The Morgan fingerprint density at radius 1 is 1.22 bits per heavy atom. The molecule has 0 aliphatic carbocycles. The zero-order valence-corrected chi connectivity index (χ0v) is 10.3. The van der Waals surface area contributed by atoms with Gasteiger partial charge < -0.3 is 21.5 Å². The molecule has 98 valence electrons. The van der Waals surface area contributed by atoms with Crippen LogP contribution in [-0.4, -0.2) is 25.7 Å². The van der Waals surface area contributed by atoms with Crippen LogP contribution in [0.3, 0.4) is 0 Å². The van der Waals surface area contributed by atoms with Gasteiger partial charge in [0.25, 0.3) is 5.91 Å². The largest absolute Gasteiger partial charge is 0.399 e. The number of nitrogens with two attached hydrogens (primary N) is 2. The maximum absolute atomic E-state index is 11.9. The number of amides is 1. The number of ether oxygens (including phenoxy) is 1. The lowest BCUT2D eigenvalue weighted by Gasteiger charge is -2.22. The van der Waals surface area contributed by atoms with Crippen molar-refractivity contribution in [1.82, 2.24) is 5.32 Å². The summed E-state index contributed by atoms with van der Waals surface area (Å²) in [6.07, 6.45) is 2.00. The second kappa shape index (κ2) is 5.73. The number of carbonyl (C=O) groups excluding carboxylic acids is 1. The lowest BCUT2D eigenvalue weighted by Crippen LogP contribution is -2.32. The Hall–Kier alpha value is -1.75. The number of nitrogen functional groups attached to an aromatic ring is 2. The van der Waals surface area contributed by atoms with Crippen LogP contribution in [0, 0.1) is 5.92 Å². The van der Waals surface area contributed by atoms with Gasteiger partial charge in [0, 0.05) is 36.7 Å². The van der Waals surface area contributed by atoms with Crippen molar-refractivity contribution in [2.24, 2.45) is 5.92 Å². The number of hydrogen-bond donors (Lipinski definition) is 3. The van der Waals surface area contributed by atoms with E-state index in [0.29, 0.717) is 29.4 Å². The number of carbonyl (C=O) groups is 1. The van der Waals surface area contributed by atoms with Gasteiger partial charge in [-0.25, -0.2) is 0 Å². The Morgan fingerprint density at radius 3 is 2.44 bits per heavy atom. The molecule has 0 aromatic heterocycles. The second-order valence-electron chi connectivity index (χ2n) is 4.65. The molecule has 1 aliphatic rings. The van der Waals surface area contributed by atoms with Crippen LogP contribution in [-0.2, 0) is 4.74 Å². The van der Waals surface area contributed by atoms with Crippen molar-refractivity contribution in [3.63, 3.8) is 0 Å². The summed E-state index contributed by atoms with van der Waals surface area (Å²) in [5, 5.41) is 2.92. The number of rotatable bonds is 3. The van der Waals surface area contributed by atoms with Gasteiger partial charge in [-0.15, -0.1) is 0 Å². The fourth-order valence-corrected chi connectivity index (χ4v) is 2.10. The summed E-state index contributed by atoms with van der Waals surface area (Å²) in [7, 11) is 0. The number of hydrogen-bond acceptors (Lipinski definition) is 4. The molecule has 0 atom stereocenters. The van der Waals surface area contributed by atoms with Gasteiger partial charge in [0.2, 0.25) is 0 Å².